The molecule has 3 rings (SSSR count). The van der Waals surface area contributed by atoms with Crippen LogP contribution in [0.2, 0.25) is 5.02 Å². The summed E-state index contributed by atoms with van der Waals surface area (Å²) in [4.78, 5) is 12.7. The van der Waals surface area contributed by atoms with Crippen molar-refractivity contribution in [3.05, 3.63) is 47.7 Å². The molecular weight excluding hydrogens is 364 g/mol. The first kappa shape index (κ1) is 17.9. The van der Waals surface area contributed by atoms with Gasteiger partial charge in [-0.3, -0.25) is 9.48 Å². The monoisotopic (exact) mass is 382 g/mol. The second kappa shape index (κ2) is 6.78. The molecule has 0 spiro atoms. The Bertz CT molecular complexity index is 869. The minimum atomic E-state index is -3.82. The van der Waals surface area contributed by atoms with Gasteiger partial charge in [0.25, 0.3) is 0 Å². The van der Waals surface area contributed by atoms with Gasteiger partial charge in [-0.1, -0.05) is 23.7 Å². The number of sulfonamides is 1. The number of carbonyl (C=O) groups excluding carboxylic acids is 1. The van der Waals surface area contributed by atoms with Crippen molar-refractivity contribution in [2.45, 2.75) is 23.3 Å². The highest BCUT2D eigenvalue weighted by Gasteiger charge is 2.47. The van der Waals surface area contributed by atoms with Gasteiger partial charge < -0.3 is 5.32 Å². The summed E-state index contributed by atoms with van der Waals surface area (Å²) in [7, 11) is -2.28. The van der Waals surface area contributed by atoms with Crippen LogP contribution in [0.5, 0.6) is 0 Å². The maximum atomic E-state index is 13.1. The molecule has 7 nitrogen and oxygen atoms in total. The summed E-state index contributed by atoms with van der Waals surface area (Å²) in [6, 6.07) is 8.03. The molecule has 2 aromatic rings. The van der Waals surface area contributed by atoms with Gasteiger partial charge in [-0.05, 0) is 31.0 Å². The van der Waals surface area contributed by atoms with Gasteiger partial charge in [0.15, 0.2) is 5.54 Å². The SMILES string of the molecule is CNC(=O)C1(n2cccn2)CCCN(S(=O)(=O)c2ccccc2Cl)C1. The Hall–Kier alpha value is -1.90. The Kier molecular flexibility index (Phi) is 4.86. The van der Waals surface area contributed by atoms with Crippen molar-refractivity contribution >= 4 is 27.5 Å². The first-order valence-electron chi connectivity index (χ1n) is 7.89. The van der Waals surface area contributed by atoms with Crippen LogP contribution in [0.25, 0.3) is 0 Å². The molecule has 1 N–H and O–H groups in total. The lowest BCUT2D eigenvalue weighted by Crippen LogP contribution is -2.59. The number of piperidine rings is 1. The topological polar surface area (TPSA) is 84.3 Å². The molecule has 1 unspecified atom stereocenters. The summed E-state index contributed by atoms with van der Waals surface area (Å²) >= 11 is 6.09. The third-order valence-corrected chi connectivity index (χ3v) is 6.83. The smallest absolute Gasteiger partial charge is 0.249 e. The summed E-state index contributed by atoms with van der Waals surface area (Å²) < 4.78 is 29.0. The maximum Gasteiger partial charge on any atom is 0.249 e. The molecule has 134 valence electrons. The summed E-state index contributed by atoms with van der Waals surface area (Å²) in [5.74, 6) is -0.268. The first-order valence-corrected chi connectivity index (χ1v) is 9.70. The predicted molar refractivity (Wildman–Crippen MR) is 93.7 cm³/mol. The average Bonchev–Trinajstić information content (AvgIpc) is 3.16. The molecular formula is C16H19ClN4O3S. The van der Waals surface area contributed by atoms with E-state index >= 15 is 0 Å². The van der Waals surface area contributed by atoms with E-state index in [1.165, 1.54) is 23.5 Å². The zero-order chi connectivity index (χ0) is 18.1. The number of amides is 1. The largest absolute Gasteiger partial charge is 0.357 e. The molecule has 0 aliphatic carbocycles. The quantitative estimate of drug-likeness (QED) is 0.867. The molecule has 1 fully saturated rings. The van der Waals surface area contributed by atoms with Crippen molar-refractivity contribution < 1.29 is 13.2 Å². The second-order valence-electron chi connectivity index (χ2n) is 5.93. The van der Waals surface area contributed by atoms with E-state index in [4.69, 9.17) is 11.6 Å². The molecule has 2 heterocycles. The summed E-state index contributed by atoms with van der Waals surface area (Å²) in [5.41, 5.74) is -1.08. The van der Waals surface area contributed by atoms with Crippen LogP contribution < -0.4 is 5.32 Å². The molecule has 9 heteroatoms. The van der Waals surface area contributed by atoms with Gasteiger partial charge >= 0.3 is 0 Å². The molecule has 1 aliphatic rings. The van der Waals surface area contributed by atoms with E-state index < -0.39 is 15.6 Å². The van der Waals surface area contributed by atoms with Crippen molar-refractivity contribution in [2.75, 3.05) is 20.1 Å². The lowest BCUT2D eigenvalue weighted by atomic mass is 9.89. The van der Waals surface area contributed by atoms with Crippen LogP contribution in [-0.2, 0) is 20.4 Å². The van der Waals surface area contributed by atoms with Crippen LogP contribution in [0, 0.1) is 0 Å². The van der Waals surface area contributed by atoms with E-state index in [0.29, 0.717) is 19.4 Å². The Morgan fingerprint density at radius 2 is 2.08 bits per heavy atom. The average molecular weight is 383 g/mol. The Balaban J connectivity index is 2.02. The minimum Gasteiger partial charge on any atom is -0.357 e. The molecule has 0 saturated carbocycles. The molecule has 0 radical (unpaired) electrons. The van der Waals surface area contributed by atoms with Crippen LogP contribution in [0.15, 0.2) is 47.6 Å². The van der Waals surface area contributed by atoms with Crippen molar-refractivity contribution in [3.8, 4) is 0 Å². The molecule has 1 saturated heterocycles. The lowest BCUT2D eigenvalue weighted by Gasteiger charge is -2.40. The summed E-state index contributed by atoms with van der Waals surface area (Å²) in [6.07, 6.45) is 4.30. The fourth-order valence-electron chi connectivity index (χ4n) is 3.23. The van der Waals surface area contributed by atoms with E-state index in [2.05, 4.69) is 10.4 Å². The summed E-state index contributed by atoms with van der Waals surface area (Å²) in [6.45, 7) is 0.329. The molecule has 25 heavy (non-hydrogen) atoms. The molecule has 0 bridgehead atoms. The van der Waals surface area contributed by atoms with Crippen molar-refractivity contribution in [2.24, 2.45) is 0 Å². The second-order valence-corrected chi connectivity index (χ2v) is 8.25. The van der Waals surface area contributed by atoms with Gasteiger partial charge in [0, 0.05) is 32.5 Å². The number of nitrogens with one attached hydrogen (secondary N) is 1. The first-order chi connectivity index (χ1) is 11.9. The Morgan fingerprint density at radius 3 is 2.72 bits per heavy atom. The zero-order valence-corrected chi connectivity index (χ0v) is 15.3. The third-order valence-electron chi connectivity index (χ3n) is 4.48. The number of hydrogen-bond acceptors (Lipinski definition) is 4. The highest BCUT2D eigenvalue weighted by Crippen LogP contribution is 2.33. The number of halogens is 1. The standard InChI is InChI=1S/C16H19ClN4O3S/c1-18-15(22)16(21-11-5-9-19-21)8-4-10-20(12-16)25(23,24)14-7-3-2-6-13(14)17/h2-3,5-7,9,11H,4,8,10,12H2,1H3,(H,18,22). The Labute approximate surface area is 151 Å². The lowest BCUT2D eigenvalue weighted by molar-refractivity contribution is -0.132. The van der Waals surface area contributed by atoms with Gasteiger partial charge in [-0.15, -0.1) is 0 Å². The number of benzene rings is 1. The van der Waals surface area contributed by atoms with Gasteiger partial charge in [-0.25, -0.2) is 8.42 Å². The molecule has 1 atom stereocenters. The van der Waals surface area contributed by atoms with Crippen LogP contribution in [-0.4, -0.2) is 48.5 Å². The minimum absolute atomic E-state index is 0.00189. The number of rotatable bonds is 4. The van der Waals surface area contributed by atoms with Crippen molar-refractivity contribution in [1.29, 1.82) is 0 Å². The van der Waals surface area contributed by atoms with Gasteiger partial charge in [0.1, 0.15) is 4.90 Å². The number of aromatic nitrogens is 2. The molecule has 1 aromatic heterocycles. The van der Waals surface area contributed by atoms with E-state index in [0.717, 1.165) is 0 Å². The molecule has 1 aromatic carbocycles. The number of likely N-dealkylation sites (N-methyl/N-ethyl adjacent to an activating group) is 1. The van der Waals surface area contributed by atoms with Crippen LogP contribution >= 0.6 is 11.6 Å². The molecule has 1 aliphatic heterocycles. The zero-order valence-electron chi connectivity index (χ0n) is 13.7. The van der Waals surface area contributed by atoms with Gasteiger partial charge in [-0.2, -0.15) is 9.40 Å². The van der Waals surface area contributed by atoms with Crippen LogP contribution in [0.3, 0.4) is 0 Å². The predicted octanol–water partition coefficient (Wildman–Crippen LogP) is 1.46. The molecule has 1 amide bonds. The van der Waals surface area contributed by atoms with Gasteiger partial charge in [0.05, 0.1) is 5.02 Å². The van der Waals surface area contributed by atoms with E-state index in [9.17, 15) is 13.2 Å². The number of carbonyl (C=O) groups is 1. The van der Waals surface area contributed by atoms with E-state index in [1.807, 2.05) is 0 Å². The highest BCUT2D eigenvalue weighted by atomic mass is 35.5. The van der Waals surface area contributed by atoms with E-state index in [1.54, 1.807) is 35.3 Å². The fraction of sp³-hybridized carbons (Fsp3) is 0.375. The summed E-state index contributed by atoms with van der Waals surface area (Å²) in [5, 5.41) is 7.00. The normalized spacial score (nSPS) is 21.8. The number of nitrogens with zero attached hydrogens (tertiary/aromatic N) is 3. The maximum absolute atomic E-state index is 13.1. The third kappa shape index (κ3) is 3.05. The van der Waals surface area contributed by atoms with Crippen LogP contribution in [0.1, 0.15) is 12.8 Å². The van der Waals surface area contributed by atoms with Gasteiger partial charge in [0.2, 0.25) is 15.9 Å². The Morgan fingerprint density at radius 1 is 1.32 bits per heavy atom. The van der Waals surface area contributed by atoms with Crippen LogP contribution in [0.4, 0.5) is 0 Å². The number of hydrogen-bond donors (Lipinski definition) is 1. The van der Waals surface area contributed by atoms with Crippen molar-refractivity contribution in [3.63, 3.8) is 0 Å². The van der Waals surface area contributed by atoms with E-state index in [-0.39, 0.29) is 22.4 Å². The van der Waals surface area contributed by atoms with Crippen molar-refractivity contribution in [1.82, 2.24) is 19.4 Å². The highest BCUT2D eigenvalue weighted by molar-refractivity contribution is 7.89. The fourth-order valence-corrected chi connectivity index (χ4v) is 5.25.